The lowest BCUT2D eigenvalue weighted by Gasteiger charge is -2.35. The van der Waals surface area contributed by atoms with Gasteiger partial charge < -0.3 is 20.4 Å². The SMILES string of the molecule is CNC(C)C(=O)NC(C(=O)N1CCCC1c1cncc(N2CCc3cc(F)ccc32)c1)C1CCCCC1. The van der Waals surface area contributed by atoms with Crippen molar-refractivity contribution in [2.45, 2.75) is 76.4 Å². The van der Waals surface area contributed by atoms with Gasteiger partial charge in [-0.1, -0.05) is 19.3 Å². The molecule has 7 nitrogen and oxygen atoms in total. The molecule has 0 spiro atoms. The van der Waals surface area contributed by atoms with E-state index in [-0.39, 0.29) is 35.6 Å². The number of hydrogen-bond acceptors (Lipinski definition) is 5. The van der Waals surface area contributed by atoms with Crippen LogP contribution in [-0.2, 0) is 16.0 Å². The molecule has 3 atom stereocenters. The number of aromatic nitrogens is 1. The van der Waals surface area contributed by atoms with Crippen LogP contribution in [0.5, 0.6) is 0 Å². The van der Waals surface area contributed by atoms with Crippen molar-refractivity contribution >= 4 is 23.2 Å². The number of likely N-dealkylation sites (N-methyl/N-ethyl adjacent to an activating group) is 1. The largest absolute Gasteiger partial charge is 0.343 e. The summed E-state index contributed by atoms with van der Waals surface area (Å²) in [5.74, 6) is -0.147. The number of halogens is 1. The van der Waals surface area contributed by atoms with Gasteiger partial charge in [-0.2, -0.15) is 0 Å². The highest BCUT2D eigenvalue weighted by molar-refractivity contribution is 5.90. The van der Waals surface area contributed by atoms with Gasteiger partial charge in [0.15, 0.2) is 0 Å². The molecule has 1 saturated heterocycles. The summed E-state index contributed by atoms with van der Waals surface area (Å²) < 4.78 is 13.7. The van der Waals surface area contributed by atoms with Crippen molar-refractivity contribution in [3.8, 4) is 0 Å². The van der Waals surface area contributed by atoms with E-state index in [9.17, 15) is 14.0 Å². The number of likely N-dealkylation sites (tertiary alicyclic amines) is 1. The van der Waals surface area contributed by atoms with Crippen molar-refractivity contribution in [3.05, 3.63) is 53.6 Å². The molecule has 37 heavy (non-hydrogen) atoms. The summed E-state index contributed by atoms with van der Waals surface area (Å²) in [6.45, 7) is 3.27. The first-order valence-electron chi connectivity index (χ1n) is 13.8. The molecule has 1 aromatic heterocycles. The molecule has 2 N–H and O–H groups in total. The topological polar surface area (TPSA) is 77.6 Å². The van der Waals surface area contributed by atoms with Crippen molar-refractivity contribution in [1.82, 2.24) is 20.5 Å². The fourth-order valence-electron chi connectivity index (χ4n) is 6.23. The predicted molar refractivity (Wildman–Crippen MR) is 142 cm³/mol. The van der Waals surface area contributed by atoms with Gasteiger partial charge in [0.25, 0.3) is 0 Å². The monoisotopic (exact) mass is 507 g/mol. The normalized spacial score (nSPS) is 21.5. The molecule has 1 aliphatic carbocycles. The van der Waals surface area contributed by atoms with Gasteiger partial charge in [0.05, 0.1) is 24.0 Å². The molecule has 2 aromatic rings. The summed E-state index contributed by atoms with van der Waals surface area (Å²) in [6, 6.07) is 6.14. The second-order valence-corrected chi connectivity index (χ2v) is 10.7. The van der Waals surface area contributed by atoms with Crippen molar-refractivity contribution in [2.75, 3.05) is 25.0 Å². The molecule has 3 unspecified atom stereocenters. The molecule has 2 aliphatic heterocycles. The summed E-state index contributed by atoms with van der Waals surface area (Å²) in [6.07, 6.45) is 11.6. The lowest BCUT2D eigenvalue weighted by Crippen LogP contribution is -2.55. The van der Waals surface area contributed by atoms with Gasteiger partial charge in [0.1, 0.15) is 11.9 Å². The van der Waals surface area contributed by atoms with Gasteiger partial charge in [-0.25, -0.2) is 4.39 Å². The third-order valence-electron chi connectivity index (χ3n) is 8.43. The van der Waals surface area contributed by atoms with E-state index in [1.807, 2.05) is 30.3 Å². The molecule has 1 aromatic carbocycles. The maximum absolute atomic E-state index is 14.0. The number of nitrogens with zero attached hydrogens (tertiary/aromatic N) is 3. The zero-order valence-corrected chi connectivity index (χ0v) is 21.9. The Morgan fingerprint density at radius 2 is 1.86 bits per heavy atom. The van der Waals surface area contributed by atoms with Gasteiger partial charge in [-0.3, -0.25) is 14.6 Å². The number of fused-ring (bicyclic) bond motifs is 1. The third kappa shape index (κ3) is 5.35. The Balaban J connectivity index is 1.38. The zero-order chi connectivity index (χ0) is 25.9. The average molecular weight is 508 g/mol. The second kappa shape index (κ2) is 11.2. The first-order chi connectivity index (χ1) is 18.0. The number of benzene rings is 1. The number of carbonyl (C=O) groups excluding carboxylic acids is 2. The molecule has 0 radical (unpaired) electrons. The van der Waals surface area contributed by atoms with Crippen LogP contribution in [0.2, 0.25) is 0 Å². The maximum atomic E-state index is 14.0. The molecule has 1 saturated carbocycles. The van der Waals surface area contributed by atoms with E-state index in [0.29, 0.717) is 6.54 Å². The summed E-state index contributed by atoms with van der Waals surface area (Å²) >= 11 is 0. The van der Waals surface area contributed by atoms with Crippen molar-refractivity contribution in [2.24, 2.45) is 5.92 Å². The summed E-state index contributed by atoms with van der Waals surface area (Å²) in [5, 5.41) is 6.10. The smallest absolute Gasteiger partial charge is 0.245 e. The van der Waals surface area contributed by atoms with Gasteiger partial charge in [-0.15, -0.1) is 0 Å². The van der Waals surface area contributed by atoms with E-state index in [1.54, 1.807) is 13.1 Å². The standard InChI is InChI=1S/C29H38FN5O2/c1-19(31-2)28(36)33-27(20-7-4-3-5-8-20)29(37)35-13-6-9-25(35)22-16-24(18-32-17-22)34-14-12-21-15-23(30)10-11-26(21)34/h10-11,15-20,25,27,31H,3-9,12-14H2,1-2H3,(H,33,36). The van der Waals surface area contributed by atoms with E-state index in [4.69, 9.17) is 0 Å². The Bertz CT molecular complexity index is 1140. The molecular weight excluding hydrogens is 469 g/mol. The zero-order valence-electron chi connectivity index (χ0n) is 21.9. The molecule has 198 valence electrons. The quantitative estimate of drug-likeness (QED) is 0.586. The predicted octanol–water partition coefficient (Wildman–Crippen LogP) is 4.25. The van der Waals surface area contributed by atoms with E-state index >= 15 is 0 Å². The van der Waals surface area contributed by atoms with Crippen molar-refractivity contribution in [3.63, 3.8) is 0 Å². The molecular formula is C29H38FN5O2. The number of pyridine rings is 1. The van der Waals surface area contributed by atoms with E-state index in [0.717, 1.165) is 74.0 Å². The maximum Gasteiger partial charge on any atom is 0.245 e. The number of anilines is 2. The van der Waals surface area contributed by atoms with Crippen LogP contribution in [0.3, 0.4) is 0 Å². The molecule has 0 bridgehead atoms. The lowest BCUT2D eigenvalue weighted by molar-refractivity contribution is -0.139. The van der Waals surface area contributed by atoms with Crippen LogP contribution in [-0.4, -0.2) is 53.9 Å². The Kier molecular flexibility index (Phi) is 7.74. The van der Waals surface area contributed by atoms with Gasteiger partial charge in [-0.05, 0) is 87.4 Å². The second-order valence-electron chi connectivity index (χ2n) is 10.7. The number of hydrogen-bond donors (Lipinski definition) is 2. The Morgan fingerprint density at radius 1 is 1.05 bits per heavy atom. The molecule has 2 fully saturated rings. The average Bonchev–Trinajstić information content (AvgIpc) is 3.58. The van der Waals surface area contributed by atoms with Gasteiger partial charge in [0.2, 0.25) is 11.8 Å². The van der Waals surface area contributed by atoms with Crippen LogP contribution in [0.1, 0.15) is 69.0 Å². The van der Waals surface area contributed by atoms with Crippen LogP contribution >= 0.6 is 0 Å². The van der Waals surface area contributed by atoms with Crippen LogP contribution < -0.4 is 15.5 Å². The Morgan fingerprint density at radius 3 is 2.65 bits per heavy atom. The lowest BCUT2D eigenvalue weighted by atomic mass is 9.83. The van der Waals surface area contributed by atoms with Gasteiger partial charge >= 0.3 is 0 Å². The first kappa shape index (κ1) is 25.6. The fourth-order valence-corrected chi connectivity index (χ4v) is 6.23. The Labute approximate surface area is 218 Å². The summed E-state index contributed by atoms with van der Waals surface area (Å²) in [7, 11) is 1.76. The van der Waals surface area contributed by atoms with E-state index in [2.05, 4.69) is 26.6 Å². The van der Waals surface area contributed by atoms with E-state index < -0.39 is 6.04 Å². The minimum atomic E-state index is -0.499. The fraction of sp³-hybridized carbons (Fsp3) is 0.552. The molecule has 3 heterocycles. The summed E-state index contributed by atoms with van der Waals surface area (Å²) in [5.41, 5.74) is 3.99. The van der Waals surface area contributed by atoms with E-state index in [1.165, 1.54) is 12.5 Å². The van der Waals surface area contributed by atoms with Crippen LogP contribution in [0, 0.1) is 11.7 Å². The van der Waals surface area contributed by atoms with Crippen LogP contribution in [0.4, 0.5) is 15.8 Å². The highest BCUT2D eigenvalue weighted by Gasteiger charge is 2.39. The number of amides is 2. The minimum Gasteiger partial charge on any atom is -0.343 e. The molecule has 3 aliphatic rings. The van der Waals surface area contributed by atoms with Crippen molar-refractivity contribution < 1.29 is 14.0 Å². The number of carbonyl (C=O) groups is 2. The Hall–Kier alpha value is -3.00. The molecule has 5 rings (SSSR count). The van der Waals surface area contributed by atoms with Crippen molar-refractivity contribution in [1.29, 1.82) is 0 Å². The third-order valence-corrected chi connectivity index (χ3v) is 8.43. The van der Waals surface area contributed by atoms with Gasteiger partial charge in [0, 0.05) is 25.0 Å². The number of nitrogens with one attached hydrogen (secondary N) is 2. The minimum absolute atomic E-state index is 0.0263. The summed E-state index contributed by atoms with van der Waals surface area (Å²) in [4.78, 5) is 35.6. The first-order valence-corrected chi connectivity index (χ1v) is 13.8. The van der Waals surface area contributed by atoms with Crippen LogP contribution in [0.15, 0.2) is 36.7 Å². The molecule has 8 heteroatoms. The number of rotatable bonds is 7. The van der Waals surface area contributed by atoms with Crippen LogP contribution in [0.25, 0.3) is 0 Å². The molecule has 2 amide bonds. The highest BCUT2D eigenvalue weighted by Crippen LogP contribution is 2.39. The highest BCUT2D eigenvalue weighted by atomic mass is 19.1.